The molecule has 0 saturated carbocycles. The second-order valence-corrected chi connectivity index (χ2v) is 4.04. The van der Waals surface area contributed by atoms with Crippen molar-refractivity contribution in [2.24, 2.45) is 7.05 Å². The van der Waals surface area contributed by atoms with Gasteiger partial charge >= 0.3 is 5.97 Å². The van der Waals surface area contributed by atoms with Gasteiger partial charge in [0.05, 0.1) is 18.9 Å². The Labute approximate surface area is 108 Å². The largest absolute Gasteiger partial charge is 0.480 e. The molecule has 19 heavy (non-hydrogen) atoms. The zero-order chi connectivity index (χ0) is 13.8. The first-order valence-corrected chi connectivity index (χ1v) is 5.55. The average molecular weight is 263 g/mol. The molecule has 1 atom stereocenters. The number of hydrogen-bond donors (Lipinski definition) is 3. The number of nitrogens with zero attached hydrogens (tertiary/aromatic N) is 3. The summed E-state index contributed by atoms with van der Waals surface area (Å²) in [5.41, 5.74) is 0.938. The fourth-order valence-electron chi connectivity index (χ4n) is 1.62. The van der Waals surface area contributed by atoms with Crippen molar-refractivity contribution in [2.75, 3.05) is 0 Å². The number of aryl methyl sites for hydroxylation is 1. The van der Waals surface area contributed by atoms with E-state index in [2.05, 4.69) is 20.3 Å². The van der Waals surface area contributed by atoms with Crippen molar-refractivity contribution in [3.05, 3.63) is 36.4 Å². The third kappa shape index (κ3) is 2.97. The van der Waals surface area contributed by atoms with Crippen LogP contribution in [0.1, 0.15) is 16.2 Å². The standard InChI is InChI=1S/C11H13N5O3/c1-16-6-13-4-9(16)10(17)15-8(11(18)19)2-7-3-12-5-14-7/h3-6,8H,2H2,1H3,(H,12,14)(H,15,17)(H,18,19)/t8-/m0/s1. The summed E-state index contributed by atoms with van der Waals surface area (Å²) in [7, 11) is 1.66. The topological polar surface area (TPSA) is 113 Å². The number of H-pyrrole nitrogens is 1. The summed E-state index contributed by atoms with van der Waals surface area (Å²) < 4.78 is 1.52. The van der Waals surface area contributed by atoms with Crippen LogP contribution < -0.4 is 5.32 Å². The molecule has 2 rings (SSSR count). The van der Waals surface area contributed by atoms with Gasteiger partial charge < -0.3 is 20.0 Å². The highest BCUT2D eigenvalue weighted by Gasteiger charge is 2.22. The maximum Gasteiger partial charge on any atom is 0.326 e. The quantitative estimate of drug-likeness (QED) is 0.677. The summed E-state index contributed by atoms with van der Waals surface area (Å²) in [5, 5.41) is 11.6. The lowest BCUT2D eigenvalue weighted by Gasteiger charge is -2.13. The Hall–Kier alpha value is -2.64. The number of carbonyl (C=O) groups excluding carboxylic acids is 1. The maximum atomic E-state index is 11.9. The lowest BCUT2D eigenvalue weighted by Crippen LogP contribution is -2.42. The van der Waals surface area contributed by atoms with E-state index in [1.165, 1.54) is 29.6 Å². The van der Waals surface area contributed by atoms with Crippen LogP contribution in [0.4, 0.5) is 0 Å². The Balaban J connectivity index is 2.07. The molecule has 3 N–H and O–H groups in total. The Morgan fingerprint density at radius 3 is 2.79 bits per heavy atom. The lowest BCUT2D eigenvalue weighted by molar-refractivity contribution is -0.139. The third-order valence-electron chi connectivity index (χ3n) is 2.63. The molecule has 0 spiro atoms. The summed E-state index contributed by atoms with van der Waals surface area (Å²) in [6.07, 6.45) is 5.96. The molecule has 0 saturated heterocycles. The highest BCUT2D eigenvalue weighted by Crippen LogP contribution is 2.02. The Morgan fingerprint density at radius 2 is 2.26 bits per heavy atom. The number of imidazole rings is 2. The molecule has 0 bridgehead atoms. The lowest BCUT2D eigenvalue weighted by atomic mass is 10.1. The number of hydrogen-bond acceptors (Lipinski definition) is 4. The number of aromatic nitrogens is 4. The van der Waals surface area contributed by atoms with Gasteiger partial charge in [-0.05, 0) is 0 Å². The molecule has 8 nitrogen and oxygen atoms in total. The smallest absolute Gasteiger partial charge is 0.326 e. The normalized spacial score (nSPS) is 12.1. The van der Waals surface area contributed by atoms with Crippen LogP contribution in [-0.4, -0.2) is 42.5 Å². The molecule has 0 aliphatic rings. The van der Waals surface area contributed by atoms with E-state index >= 15 is 0 Å². The van der Waals surface area contributed by atoms with Crippen LogP contribution in [0.5, 0.6) is 0 Å². The summed E-state index contributed by atoms with van der Waals surface area (Å²) in [6.45, 7) is 0. The van der Waals surface area contributed by atoms with Crippen molar-refractivity contribution in [1.82, 2.24) is 24.8 Å². The highest BCUT2D eigenvalue weighted by atomic mass is 16.4. The summed E-state index contributed by atoms with van der Waals surface area (Å²) in [5.74, 6) is -1.59. The third-order valence-corrected chi connectivity index (χ3v) is 2.63. The van der Waals surface area contributed by atoms with E-state index in [1.807, 2.05) is 0 Å². The fourth-order valence-corrected chi connectivity index (χ4v) is 1.62. The number of rotatable bonds is 5. The van der Waals surface area contributed by atoms with E-state index in [0.29, 0.717) is 11.4 Å². The molecule has 2 heterocycles. The van der Waals surface area contributed by atoms with E-state index < -0.39 is 17.9 Å². The number of aromatic amines is 1. The van der Waals surface area contributed by atoms with Gasteiger partial charge in [0.15, 0.2) is 0 Å². The van der Waals surface area contributed by atoms with Gasteiger partial charge in [-0.2, -0.15) is 0 Å². The number of carboxylic acid groups (broad SMARTS) is 1. The molecule has 0 aliphatic carbocycles. The maximum absolute atomic E-state index is 11.9. The van der Waals surface area contributed by atoms with Crippen LogP contribution in [0.2, 0.25) is 0 Å². The number of aliphatic carboxylic acids is 1. The minimum Gasteiger partial charge on any atom is -0.480 e. The average Bonchev–Trinajstić information content (AvgIpc) is 2.99. The van der Waals surface area contributed by atoms with Crippen LogP contribution in [0, 0.1) is 0 Å². The molecule has 8 heteroatoms. The summed E-state index contributed by atoms with van der Waals surface area (Å²) in [4.78, 5) is 33.5. The molecule has 2 aromatic heterocycles. The molecule has 1 amide bonds. The van der Waals surface area contributed by atoms with Gasteiger partial charge in [0.25, 0.3) is 5.91 Å². The van der Waals surface area contributed by atoms with E-state index in [1.54, 1.807) is 7.05 Å². The van der Waals surface area contributed by atoms with Gasteiger partial charge in [-0.1, -0.05) is 0 Å². The Bertz CT molecular complexity index is 575. The summed E-state index contributed by atoms with van der Waals surface area (Å²) >= 11 is 0. The van der Waals surface area contributed by atoms with Crippen LogP contribution in [0.15, 0.2) is 25.0 Å². The second kappa shape index (κ2) is 5.34. The van der Waals surface area contributed by atoms with Crippen molar-refractivity contribution >= 4 is 11.9 Å². The molecular formula is C11H13N5O3. The number of nitrogens with one attached hydrogen (secondary N) is 2. The molecule has 100 valence electrons. The number of carbonyl (C=O) groups is 2. The molecule has 2 aromatic rings. The van der Waals surface area contributed by atoms with Crippen LogP contribution >= 0.6 is 0 Å². The van der Waals surface area contributed by atoms with Crippen molar-refractivity contribution in [2.45, 2.75) is 12.5 Å². The van der Waals surface area contributed by atoms with E-state index in [4.69, 9.17) is 5.11 Å². The van der Waals surface area contributed by atoms with E-state index in [9.17, 15) is 9.59 Å². The van der Waals surface area contributed by atoms with Crippen molar-refractivity contribution in [3.63, 3.8) is 0 Å². The van der Waals surface area contributed by atoms with Gasteiger partial charge in [-0.25, -0.2) is 14.8 Å². The van der Waals surface area contributed by atoms with Crippen molar-refractivity contribution in [1.29, 1.82) is 0 Å². The highest BCUT2D eigenvalue weighted by molar-refractivity contribution is 5.95. The molecule has 0 aliphatic heterocycles. The Kier molecular flexibility index (Phi) is 3.60. The molecule has 0 aromatic carbocycles. The van der Waals surface area contributed by atoms with Gasteiger partial charge in [0.2, 0.25) is 0 Å². The minimum absolute atomic E-state index is 0.138. The van der Waals surface area contributed by atoms with E-state index in [0.717, 1.165) is 0 Å². The van der Waals surface area contributed by atoms with Gasteiger partial charge in [-0.3, -0.25) is 4.79 Å². The summed E-state index contributed by atoms with van der Waals surface area (Å²) in [6, 6.07) is -1.03. The first kappa shape index (κ1) is 12.8. The predicted molar refractivity (Wildman–Crippen MR) is 64.4 cm³/mol. The molecule has 0 unspecified atom stereocenters. The number of carboxylic acids is 1. The first-order valence-electron chi connectivity index (χ1n) is 5.55. The van der Waals surface area contributed by atoms with Crippen LogP contribution in [0.25, 0.3) is 0 Å². The van der Waals surface area contributed by atoms with E-state index in [-0.39, 0.29) is 6.42 Å². The SMILES string of the molecule is Cn1cncc1C(=O)N[C@@H](Cc1cnc[nH]1)C(=O)O. The first-order chi connectivity index (χ1) is 9.08. The van der Waals surface area contributed by atoms with Crippen molar-refractivity contribution in [3.8, 4) is 0 Å². The molecule has 0 radical (unpaired) electrons. The second-order valence-electron chi connectivity index (χ2n) is 4.04. The van der Waals surface area contributed by atoms with Gasteiger partial charge in [-0.15, -0.1) is 0 Å². The van der Waals surface area contributed by atoms with Gasteiger partial charge in [0.1, 0.15) is 11.7 Å². The minimum atomic E-state index is -1.11. The Morgan fingerprint density at radius 1 is 1.47 bits per heavy atom. The predicted octanol–water partition coefficient (Wildman–Crippen LogP) is -0.431. The number of amides is 1. The van der Waals surface area contributed by atoms with Crippen molar-refractivity contribution < 1.29 is 14.7 Å². The fraction of sp³-hybridized carbons (Fsp3) is 0.273. The zero-order valence-corrected chi connectivity index (χ0v) is 10.2. The van der Waals surface area contributed by atoms with Crippen LogP contribution in [-0.2, 0) is 18.3 Å². The zero-order valence-electron chi connectivity index (χ0n) is 10.2. The van der Waals surface area contributed by atoms with Gasteiger partial charge in [0, 0.05) is 25.4 Å². The monoisotopic (exact) mass is 263 g/mol. The molecular weight excluding hydrogens is 250 g/mol. The molecule has 0 fully saturated rings. The van der Waals surface area contributed by atoms with Crippen LogP contribution in [0.3, 0.4) is 0 Å².